The summed E-state index contributed by atoms with van der Waals surface area (Å²) in [5.41, 5.74) is 2.01. The van der Waals surface area contributed by atoms with Gasteiger partial charge in [-0.3, -0.25) is 4.84 Å². The number of hydroxylamine groups is 1. The zero-order chi connectivity index (χ0) is 8.69. The van der Waals surface area contributed by atoms with Gasteiger partial charge in [-0.15, -0.1) is 6.42 Å². The van der Waals surface area contributed by atoms with Gasteiger partial charge in [0.2, 0.25) is 0 Å². The number of carbonyl (C=O) groups excluding carboxylic acids is 1. The summed E-state index contributed by atoms with van der Waals surface area (Å²) in [5.74, 6) is 2.18. The average Bonchev–Trinajstić information content (AvgIpc) is 1.86. The zero-order valence-electron chi connectivity index (χ0n) is 6.59. The van der Waals surface area contributed by atoms with E-state index in [9.17, 15) is 4.79 Å². The third kappa shape index (κ3) is 6.68. The van der Waals surface area contributed by atoms with Gasteiger partial charge in [0, 0.05) is 0 Å². The third-order valence-corrected chi connectivity index (χ3v) is 0.654. The van der Waals surface area contributed by atoms with Gasteiger partial charge in [-0.25, -0.2) is 4.79 Å². The molecule has 1 amide bonds. The maximum atomic E-state index is 10.6. The highest BCUT2D eigenvalue weighted by molar-refractivity contribution is 5.65. The molecule has 0 unspecified atom stereocenters. The van der Waals surface area contributed by atoms with Gasteiger partial charge in [0.05, 0.1) is 6.10 Å². The number of nitrogens with one attached hydrogen (secondary N) is 1. The summed E-state index contributed by atoms with van der Waals surface area (Å²) in [6.07, 6.45) is 4.06. The first kappa shape index (κ1) is 9.79. The highest BCUT2D eigenvalue weighted by Gasteiger charge is 2.02. The van der Waals surface area contributed by atoms with E-state index in [4.69, 9.17) is 6.42 Å². The van der Waals surface area contributed by atoms with Crippen molar-refractivity contribution in [2.24, 2.45) is 0 Å². The summed E-state index contributed by atoms with van der Waals surface area (Å²) in [6, 6.07) is 0. The Balaban J connectivity index is 3.32. The van der Waals surface area contributed by atoms with Gasteiger partial charge in [-0.1, -0.05) is 5.92 Å². The van der Waals surface area contributed by atoms with Crippen LogP contribution in [0.2, 0.25) is 0 Å². The van der Waals surface area contributed by atoms with Crippen LogP contribution in [0.1, 0.15) is 13.8 Å². The van der Waals surface area contributed by atoms with Crippen LogP contribution in [0, 0.1) is 12.3 Å². The molecule has 0 radical (unpaired) electrons. The molecule has 0 saturated heterocycles. The fraction of sp³-hybridized carbons (Fsp3) is 0.571. The number of amides is 1. The van der Waals surface area contributed by atoms with Crippen LogP contribution in [0.4, 0.5) is 4.79 Å². The molecule has 11 heavy (non-hydrogen) atoms. The highest BCUT2D eigenvalue weighted by atomic mass is 16.7. The molecule has 0 rings (SSSR count). The number of carbonyl (C=O) groups is 1. The van der Waals surface area contributed by atoms with Crippen LogP contribution in [0.5, 0.6) is 0 Å². The Labute approximate surface area is 65.8 Å². The first-order valence-electron chi connectivity index (χ1n) is 3.18. The summed E-state index contributed by atoms with van der Waals surface area (Å²) in [6.45, 7) is 3.51. The van der Waals surface area contributed by atoms with E-state index in [1.54, 1.807) is 13.8 Å². The quantitative estimate of drug-likeness (QED) is 0.372. The second-order valence-corrected chi connectivity index (χ2v) is 2.05. The van der Waals surface area contributed by atoms with E-state index in [1.807, 2.05) is 5.48 Å². The lowest BCUT2D eigenvalue weighted by Crippen LogP contribution is -2.27. The van der Waals surface area contributed by atoms with Crippen LogP contribution in [-0.2, 0) is 9.57 Å². The van der Waals surface area contributed by atoms with Crippen molar-refractivity contribution < 1.29 is 14.4 Å². The van der Waals surface area contributed by atoms with Crippen molar-refractivity contribution in [2.45, 2.75) is 20.0 Å². The highest BCUT2D eigenvalue weighted by Crippen LogP contribution is 1.87. The minimum atomic E-state index is -0.629. The van der Waals surface area contributed by atoms with Gasteiger partial charge in [-0.2, -0.15) is 5.48 Å². The molecule has 0 aromatic carbocycles. The molecule has 62 valence electrons. The first-order valence-corrected chi connectivity index (χ1v) is 3.18. The van der Waals surface area contributed by atoms with Crippen molar-refractivity contribution in [2.75, 3.05) is 6.61 Å². The van der Waals surface area contributed by atoms with Crippen LogP contribution >= 0.6 is 0 Å². The number of rotatable bonds is 3. The Morgan fingerprint density at radius 3 is 2.82 bits per heavy atom. The van der Waals surface area contributed by atoms with E-state index in [1.165, 1.54) is 0 Å². The monoisotopic (exact) mass is 157 g/mol. The molecule has 0 aliphatic carbocycles. The summed E-state index contributed by atoms with van der Waals surface area (Å²) in [5, 5.41) is 0. The minimum absolute atomic E-state index is 0.0349. The molecule has 0 saturated carbocycles. The van der Waals surface area contributed by atoms with Gasteiger partial charge >= 0.3 is 6.09 Å². The van der Waals surface area contributed by atoms with Crippen LogP contribution in [0.15, 0.2) is 0 Å². The molecular weight excluding hydrogens is 146 g/mol. The van der Waals surface area contributed by atoms with Crippen molar-refractivity contribution in [1.82, 2.24) is 5.48 Å². The van der Waals surface area contributed by atoms with E-state index >= 15 is 0 Å². The van der Waals surface area contributed by atoms with Crippen molar-refractivity contribution in [3.8, 4) is 12.3 Å². The molecular formula is C7H11NO3. The maximum absolute atomic E-state index is 10.6. The number of hydrogen-bond donors (Lipinski definition) is 1. The van der Waals surface area contributed by atoms with Crippen molar-refractivity contribution >= 4 is 6.09 Å². The van der Waals surface area contributed by atoms with E-state index in [0.717, 1.165) is 0 Å². The second-order valence-electron chi connectivity index (χ2n) is 2.05. The lowest BCUT2D eigenvalue weighted by atomic mass is 10.5. The molecule has 0 heterocycles. The van der Waals surface area contributed by atoms with Gasteiger partial charge in [0.25, 0.3) is 0 Å². The van der Waals surface area contributed by atoms with E-state index < -0.39 is 6.09 Å². The van der Waals surface area contributed by atoms with Crippen molar-refractivity contribution in [3.05, 3.63) is 0 Å². The zero-order valence-corrected chi connectivity index (χ0v) is 6.59. The van der Waals surface area contributed by atoms with Gasteiger partial charge < -0.3 is 4.74 Å². The maximum Gasteiger partial charge on any atom is 0.431 e. The molecule has 0 aromatic heterocycles. The molecule has 0 fully saturated rings. The molecule has 0 atom stereocenters. The Kier molecular flexibility index (Phi) is 4.95. The standard InChI is InChI=1S/C7H11NO3/c1-4-5-10-8-7(9)11-6(2)3/h1,6H,5H2,2-3H3,(H,8,9). The van der Waals surface area contributed by atoms with Gasteiger partial charge in [0.15, 0.2) is 0 Å². The van der Waals surface area contributed by atoms with Crippen LogP contribution in [0.3, 0.4) is 0 Å². The Morgan fingerprint density at radius 1 is 1.73 bits per heavy atom. The smallest absolute Gasteiger partial charge is 0.431 e. The molecule has 1 N–H and O–H groups in total. The Morgan fingerprint density at radius 2 is 2.36 bits per heavy atom. The molecule has 0 aromatic rings. The van der Waals surface area contributed by atoms with Crippen LogP contribution in [0.25, 0.3) is 0 Å². The summed E-state index contributed by atoms with van der Waals surface area (Å²) < 4.78 is 4.65. The lowest BCUT2D eigenvalue weighted by Gasteiger charge is -2.07. The van der Waals surface area contributed by atoms with Gasteiger partial charge in [0.1, 0.15) is 6.61 Å². The average molecular weight is 157 g/mol. The molecule has 4 nitrogen and oxygen atoms in total. The topological polar surface area (TPSA) is 47.6 Å². The second kappa shape index (κ2) is 5.57. The number of hydrogen-bond acceptors (Lipinski definition) is 3. The van der Waals surface area contributed by atoms with E-state index in [0.29, 0.717) is 0 Å². The Hall–Kier alpha value is -1.21. The SMILES string of the molecule is C#CCONC(=O)OC(C)C. The predicted molar refractivity (Wildman–Crippen MR) is 39.5 cm³/mol. The Bertz CT molecular complexity index is 160. The van der Waals surface area contributed by atoms with Crippen LogP contribution in [-0.4, -0.2) is 18.8 Å². The number of ether oxygens (including phenoxy) is 1. The number of terminal acetylenes is 1. The summed E-state index contributed by atoms with van der Waals surface area (Å²) in [4.78, 5) is 15.1. The van der Waals surface area contributed by atoms with Crippen molar-refractivity contribution in [3.63, 3.8) is 0 Å². The third-order valence-electron chi connectivity index (χ3n) is 0.654. The fourth-order valence-electron chi connectivity index (χ4n) is 0.375. The van der Waals surface area contributed by atoms with Crippen LogP contribution < -0.4 is 5.48 Å². The fourth-order valence-corrected chi connectivity index (χ4v) is 0.375. The predicted octanol–water partition coefficient (Wildman–Crippen LogP) is 0.686. The van der Waals surface area contributed by atoms with E-state index in [-0.39, 0.29) is 12.7 Å². The summed E-state index contributed by atoms with van der Waals surface area (Å²) >= 11 is 0. The summed E-state index contributed by atoms with van der Waals surface area (Å²) in [7, 11) is 0. The largest absolute Gasteiger partial charge is 0.445 e. The molecule has 0 bridgehead atoms. The normalized spacial score (nSPS) is 8.91. The minimum Gasteiger partial charge on any atom is -0.445 e. The van der Waals surface area contributed by atoms with Crippen molar-refractivity contribution in [1.29, 1.82) is 0 Å². The molecule has 0 spiro atoms. The van der Waals surface area contributed by atoms with Gasteiger partial charge in [-0.05, 0) is 13.8 Å². The van der Waals surface area contributed by atoms with E-state index in [2.05, 4.69) is 15.5 Å². The molecule has 0 aliphatic rings. The lowest BCUT2D eigenvalue weighted by molar-refractivity contribution is 0.0318. The molecule has 0 aliphatic heterocycles. The first-order chi connectivity index (χ1) is 5.16. The molecule has 4 heteroatoms.